The highest BCUT2D eigenvalue weighted by Crippen LogP contribution is 2.28. The first-order valence-electron chi connectivity index (χ1n) is 19.3. The number of benzene rings is 1. The Hall–Kier alpha value is -5.33. The van der Waals surface area contributed by atoms with Crippen LogP contribution in [-0.4, -0.2) is 160 Å². The molecule has 3 aliphatic heterocycles. The maximum absolute atomic E-state index is 13.5. The number of aliphatic carboxylic acids is 1. The lowest BCUT2D eigenvalue weighted by Gasteiger charge is -2.35. The topological polar surface area (TPSA) is 322 Å². The second-order valence-electron chi connectivity index (χ2n) is 15.2. The van der Waals surface area contributed by atoms with Gasteiger partial charge in [-0.25, -0.2) is 4.79 Å². The maximum atomic E-state index is 13.5. The highest BCUT2D eigenvalue weighted by Gasteiger charge is 2.47. The molecule has 0 spiro atoms. The third-order valence-corrected chi connectivity index (χ3v) is 10.9. The van der Waals surface area contributed by atoms with E-state index in [-0.39, 0.29) is 44.6 Å². The summed E-state index contributed by atoms with van der Waals surface area (Å²) in [6.07, 6.45) is -3.10. The monoisotopic (exact) mass is 881 g/mol. The molecule has 61 heavy (non-hydrogen) atoms. The molecule has 0 aromatic heterocycles. The summed E-state index contributed by atoms with van der Waals surface area (Å²) in [5.74, 6) is -7.74. The number of amides is 6. The molecule has 2 fully saturated rings. The molecule has 4 rings (SSSR count). The van der Waals surface area contributed by atoms with Gasteiger partial charge in [-0.1, -0.05) is 19.9 Å². The van der Waals surface area contributed by atoms with E-state index < -0.39 is 131 Å². The molecule has 0 unspecified atom stereocenters. The fraction of sp³-hybridized carbons (Fsp3) is 0.579. The number of aliphatic hydroxyl groups is 2. The van der Waals surface area contributed by atoms with Gasteiger partial charge in [0.15, 0.2) is 6.10 Å². The molecule has 8 atom stereocenters. The third kappa shape index (κ3) is 13.3. The average Bonchev–Trinajstić information content (AvgIpc) is 3.66. The molecule has 2 saturated heterocycles. The van der Waals surface area contributed by atoms with Gasteiger partial charge in [0, 0.05) is 37.6 Å². The van der Waals surface area contributed by atoms with Crippen molar-refractivity contribution in [3.05, 3.63) is 41.5 Å². The van der Waals surface area contributed by atoms with E-state index in [2.05, 4.69) is 16.0 Å². The van der Waals surface area contributed by atoms with Crippen LogP contribution >= 0.6 is 0 Å². The lowest BCUT2D eigenvalue weighted by molar-refractivity contribution is -0.193. The molecule has 1 aromatic carbocycles. The van der Waals surface area contributed by atoms with Crippen molar-refractivity contribution in [1.82, 2.24) is 20.4 Å². The van der Waals surface area contributed by atoms with Crippen LogP contribution < -0.4 is 16.0 Å². The van der Waals surface area contributed by atoms with Gasteiger partial charge in [-0.05, 0) is 48.9 Å². The predicted molar refractivity (Wildman–Crippen MR) is 208 cm³/mol. The molecule has 7 N–H and O–H groups in total. The molecule has 0 radical (unpaired) electrons. The fourth-order valence-electron chi connectivity index (χ4n) is 6.99. The number of carboxylic acids is 1. The Balaban J connectivity index is 1.40. The first-order valence-corrected chi connectivity index (χ1v) is 21.0. The Bertz CT molecular complexity index is 1990. The largest absolute Gasteiger partial charge is 0.479 e. The summed E-state index contributed by atoms with van der Waals surface area (Å²) in [5.41, 5.74) is 1.43. The SMILES string of the molecule is CC(=O)OCc1ccc(NC(=O)[C@H](C)NC(=O)[C@@H](NC(=O)CN2C(=O)[C@@H](N3C(=O)C=CC3=O)C[C@H]2COCCS(=O)(=O)O)C(C)C)cc1CC[C@H]1C[C@@H](O)[C@H](O)[C@@H](C(=O)O)O1. The second kappa shape index (κ2) is 21.0. The van der Waals surface area contributed by atoms with Crippen LogP contribution in [0, 0.1) is 5.92 Å². The van der Waals surface area contributed by atoms with Crippen molar-refractivity contribution in [2.24, 2.45) is 5.92 Å². The van der Waals surface area contributed by atoms with Gasteiger partial charge >= 0.3 is 11.9 Å². The Morgan fingerprint density at radius 1 is 0.967 bits per heavy atom. The number of ether oxygens (including phenoxy) is 3. The van der Waals surface area contributed by atoms with Crippen molar-refractivity contribution >= 4 is 63.2 Å². The van der Waals surface area contributed by atoms with Crippen LogP contribution in [-0.2, 0) is 75.7 Å². The van der Waals surface area contributed by atoms with Crippen LogP contribution in [0.3, 0.4) is 0 Å². The Labute approximate surface area is 350 Å². The van der Waals surface area contributed by atoms with Crippen molar-refractivity contribution in [2.45, 2.75) is 109 Å². The van der Waals surface area contributed by atoms with Crippen LogP contribution in [0.15, 0.2) is 30.4 Å². The van der Waals surface area contributed by atoms with Crippen molar-refractivity contribution < 1.29 is 80.9 Å². The summed E-state index contributed by atoms with van der Waals surface area (Å²) in [6.45, 7) is 4.33. The predicted octanol–water partition coefficient (Wildman–Crippen LogP) is -1.97. The minimum Gasteiger partial charge on any atom is -0.479 e. The maximum Gasteiger partial charge on any atom is 0.335 e. The van der Waals surface area contributed by atoms with E-state index in [1.165, 1.54) is 19.9 Å². The number of carbonyl (C=O) groups excluding carboxylic acids is 7. The van der Waals surface area contributed by atoms with E-state index >= 15 is 0 Å². The zero-order valence-electron chi connectivity index (χ0n) is 33.8. The van der Waals surface area contributed by atoms with Crippen molar-refractivity contribution in [3.63, 3.8) is 0 Å². The standard InChI is InChI=1S/C38H51N5O17S/c1-19(2)32(41-29(46)16-42-25(18-58-11-12-61(55,56)57)14-27(37(42)52)43-30(47)9-10-31(43)48)36(51)39-20(3)35(50)40-24-7-5-23(17-59-21(4)44)22(13-24)6-8-26-15-28(45)33(49)34(60-26)38(53)54/h5,7,9-10,13,19-20,25-28,32-34,45,49H,6,8,11-12,14-18H2,1-4H3,(H,39,51)(H,40,50)(H,41,46)(H,53,54)(H,55,56,57)/t20-,25-,26-,27-,28+,32-,33-,34-/m0/s1. The van der Waals surface area contributed by atoms with E-state index in [4.69, 9.17) is 18.8 Å². The first kappa shape index (κ1) is 48.3. The van der Waals surface area contributed by atoms with Gasteiger partial charge in [0.05, 0.1) is 43.8 Å². The molecule has 1 aromatic rings. The molecular formula is C38H51N5O17S. The van der Waals surface area contributed by atoms with Crippen molar-refractivity contribution in [2.75, 3.05) is 30.8 Å². The van der Waals surface area contributed by atoms with Crippen LogP contribution in [0.2, 0.25) is 0 Å². The van der Waals surface area contributed by atoms with Gasteiger partial charge in [-0.3, -0.25) is 43.0 Å². The van der Waals surface area contributed by atoms with Gasteiger partial charge in [0.2, 0.25) is 23.6 Å². The van der Waals surface area contributed by atoms with E-state index in [1.807, 2.05) is 0 Å². The summed E-state index contributed by atoms with van der Waals surface area (Å²) >= 11 is 0. The lowest BCUT2D eigenvalue weighted by atomic mass is 9.93. The molecule has 0 bridgehead atoms. The van der Waals surface area contributed by atoms with Gasteiger partial charge in [-0.15, -0.1) is 0 Å². The first-order chi connectivity index (χ1) is 28.6. The third-order valence-electron chi connectivity index (χ3n) is 10.2. The van der Waals surface area contributed by atoms with Crippen LogP contribution in [0.1, 0.15) is 58.1 Å². The molecule has 23 heteroatoms. The average molecular weight is 882 g/mol. The quantitative estimate of drug-likeness (QED) is 0.0323. The van der Waals surface area contributed by atoms with Crippen LogP contribution in [0.5, 0.6) is 0 Å². The Morgan fingerprint density at radius 3 is 2.25 bits per heavy atom. The Kier molecular flexibility index (Phi) is 16.6. The van der Waals surface area contributed by atoms with Crippen molar-refractivity contribution in [3.8, 4) is 0 Å². The number of esters is 1. The summed E-state index contributed by atoms with van der Waals surface area (Å²) in [7, 11) is -4.36. The van der Waals surface area contributed by atoms with Gasteiger partial charge in [-0.2, -0.15) is 8.42 Å². The summed E-state index contributed by atoms with van der Waals surface area (Å²) in [6, 6.07) is 0.138. The molecule has 22 nitrogen and oxygen atoms in total. The molecule has 3 heterocycles. The van der Waals surface area contributed by atoms with E-state index in [9.17, 15) is 62.1 Å². The highest BCUT2D eigenvalue weighted by molar-refractivity contribution is 7.85. The number of hydrogen-bond acceptors (Lipinski definition) is 15. The van der Waals surface area contributed by atoms with Crippen molar-refractivity contribution in [1.29, 1.82) is 0 Å². The zero-order chi connectivity index (χ0) is 45.3. The molecule has 6 amide bonds. The minimum atomic E-state index is -4.36. The van der Waals surface area contributed by atoms with Gasteiger partial charge in [0.1, 0.15) is 30.8 Å². The number of carbonyl (C=O) groups is 8. The van der Waals surface area contributed by atoms with Gasteiger partial charge in [0.25, 0.3) is 21.9 Å². The number of imide groups is 1. The van der Waals surface area contributed by atoms with Gasteiger partial charge < -0.3 is 50.4 Å². The number of nitrogens with one attached hydrogen (secondary N) is 3. The fourth-order valence-corrected chi connectivity index (χ4v) is 7.31. The lowest BCUT2D eigenvalue weighted by Crippen LogP contribution is -2.56. The molecule has 0 aliphatic carbocycles. The summed E-state index contributed by atoms with van der Waals surface area (Å²) < 4.78 is 47.3. The van der Waals surface area contributed by atoms with Crippen LogP contribution in [0.4, 0.5) is 5.69 Å². The molecular weight excluding hydrogens is 831 g/mol. The summed E-state index contributed by atoms with van der Waals surface area (Å²) in [5, 5.41) is 37.4. The van der Waals surface area contributed by atoms with E-state index in [1.54, 1.807) is 26.0 Å². The zero-order valence-corrected chi connectivity index (χ0v) is 34.7. The van der Waals surface area contributed by atoms with E-state index in [0.29, 0.717) is 11.1 Å². The smallest absolute Gasteiger partial charge is 0.335 e. The second-order valence-corrected chi connectivity index (χ2v) is 16.8. The number of aryl methyl sites for hydroxylation is 1. The number of anilines is 1. The molecule has 336 valence electrons. The summed E-state index contributed by atoms with van der Waals surface area (Å²) in [4.78, 5) is 103. The molecule has 3 aliphatic rings. The number of aliphatic hydroxyl groups excluding tert-OH is 2. The number of hydrogen-bond donors (Lipinski definition) is 7. The normalized spacial score (nSPS) is 23.8. The number of nitrogens with zero attached hydrogens (tertiary/aromatic N) is 2. The molecule has 0 saturated carbocycles. The highest BCUT2D eigenvalue weighted by atomic mass is 32.2. The number of carboxylic acid groups (broad SMARTS) is 1. The number of rotatable bonds is 20. The van der Waals surface area contributed by atoms with E-state index in [0.717, 1.165) is 22.0 Å². The number of likely N-dealkylation sites (tertiary alicyclic amines) is 1. The van der Waals surface area contributed by atoms with Crippen LogP contribution in [0.25, 0.3) is 0 Å². The minimum absolute atomic E-state index is 0.0367. The Morgan fingerprint density at radius 2 is 1.64 bits per heavy atom.